The maximum atomic E-state index is 5.73. The minimum absolute atomic E-state index is 0.351. The van der Waals surface area contributed by atoms with E-state index in [4.69, 9.17) is 10.3 Å². The summed E-state index contributed by atoms with van der Waals surface area (Å²) in [5, 5.41) is 6.06. The molecule has 3 rings (SSSR count). The van der Waals surface area contributed by atoms with Crippen molar-refractivity contribution in [1.29, 1.82) is 0 Å². The van der Waals surface area contributed by atoms with Gasteiger partial charge in [-0.3, -0.25) is 0 Å². The lowest BCUT2D eigenvalue weighted by molar-refractivity contribution is 0.333. The highest BCUT2D eigenvalue weighted by Crippen LogP contribution is 2.32. The largest absolute Gasteiger partial charge is 0.399 e. The van der Waals surface area contributed by atoms with E-state index in [1.54, 1.807) is 11.3 Å². The molecule has 102 valence electrons. The number of hydrogen-bond donors (Lipinski definition) is 1. The molecular weight excluding hydrogens is 270 g/mol. The average molecular weight is 285 g/mol. The summed E-state index contributed by atoms with van der Waals surface area (Å²) in [7, 11) is 0. The van der Waals surface area contributed by atoms with Gasteiger partial charge in [-0.2, -0.15) is 4.98 Å². The number of thiophene rings is 1. The fourth-order valence-corrected chi connectivity index (χ4v) is 2.66. The number of nitrogen functional groups attached to an aromatic ring is 1. The number of anilines is 1. The van der Waals surface area contributed by atoms with E-state index in [9.17, 15) is 0 Å². The van der Waals surface area contributed by atoms with Gasteiger partial charge in [0.05, 0.1) is 10.3 Å². The van der Waals surface area contributed by atoms with E-state index in [0.29, 0.717) is 11.7 Å². The molecule has 5 heteroatoms. The van der Waals surface area contributed by atoms with Crippen molar-refractivity contribution < 1.29 is 4.52 Å². The van der Waals surface area contributed by atoms with Crippen LogP contribution in [0.2, 0.25) is 0 Å². The molecule has 0 aliphatic carbocycles. The topological polar surface area (TPSA) is 64.9 Å². The van der Waals surface area contributed by atoms with E-state index in [2.05, 4.69) is 24.0 Å². The van der Waals surface area contributed by atoms with Crippen LogP contribution in [0.1, 0.15) is 25.3 Å². The standard InChI is InChI=1S/C15H15N3OS/c1-15(2,10-5-7-11(16)8-6-10)14-17-13(18-19-14)12-4-3-9-20-12/h3-9H,16H2,1-2H3. The zero-order valence-corrected chi connectivity index (χ0v) is 12.1. The second-order valence-corrected chi connectivity index (χ2v) is 6.10. The quantitative estimate of drug-likeness (QED) is 0.745. The van der Waals surface area contributed by atoms with Crippen LogP contribution in [0, 0.1) is 0 Å². The maximum absolute atomic E-state index is 5.73. The molecule has 1 aromatic carbocycles. The van der Waals surface area contributed by atoms with Gasteiger partial charge in [-0.1, -0.05) is 23.4 Å². The van der Waals surface area contributed by atoms with Crippen LogP contribution in [0.3, 0.4) is 0 Å². The first kappa shape index (κ1) is 12.9. The zero-order chi connectivity index (χ0) is 14.2. The Morgan fingerprint density at radius 2 is 1.90 bits per heavy atom. The lowest BCUT2D eigenvalue weighted by Crippen LogP contribution is -2.19. The van der Waals surface area contributed by atoms with Crippen LogP contribution in [-0.2, 0) is 5.41 Å². The van der Waals surface area contributed by atoms with Crippen LogP contribution >= 0.6 is 11.3 Å². The van der Waals surface area contributed by atoms with Gasteiger partial charge < -0.3 is 10.3 Å². The van der Waals surface area contributed by atoms with Gasteiger partial charge in [0.1, 0.15) is 0 Å². The summed E-state index contributed by atoms with van der Waals surface area (Å²) in [6, 6.07) is 11.7. The SMILES string of the molecule is CC(C)(c1ccc(N)cc1)c1nc(-c2cccs2)no1. The molecule has 0 bridgehead atoms. The van der Waals surface area contributed by atoms with Gasteiger partial charge in [-0.15, -0.1) is 11.3 Å². The molecule has 0 radical (unpaired) electrons. The Bertz CT molecular complexity index is 699. The number of nitrogens with two attached hydrogens (primary N) is 1. The van der Waals surface area contributed by atoms with Crippen LogP contribution < -0.4 is 5.73 Å². The number of rotatable bonds is 3. The fraction of sp³-hybridized carbons (Fsp3) is 0.200. The number of nitrogens with zero attached hydrogens (tertiary/aromatic N) is 2. The summed E-state index contributed by atoms with van der Waals surface area (Å²) < 4.78 is 5.45. The van der Waals surface area contributed by atoms with E-state index in [-0.39, 0.29) is 5.41 Å². The van der Waals surface area contributed by atoms with E-state index < -0.39 is 0 Å². The van der Waals surface area contributed by atoms with Crippen molar-refractivity contribution in [1.82, 2.24) is 10.1 Å². The first-order valence-corrected chi connectivity index (χ1v) is 7.19. The van der Waals surface area contributed by atoms with Crippen LogP contribution in [-0.4, -0.2) is 10.1 Å². The predicted octanol–water partition coefficient (Wildman–Crippen LogP) is 3.71. The molecule has 0 aliphatic rings. The zero-order valence-electron chi connectivity index (χ0n) is 11.3. The Kier molecular flexibility index (Phi) is 3.06. The van der Waals surface area contributed by atoms with Gasteiger partial charge >= 0.3 is 0 Å². The maximum Gasteiger partial charge on any atom is 0.237 e. The summed E-state index contributed by atoms with van der Waals surface area (Å²) in [4.78, 5) is 5.53. The molecule has 0 unspecified atom stereocenters. The normalized spacial score (nSPS) is 11.7. The smallest absolute Gasteiger partial charge is 0.237 e. The molecule has 0 amide bonds. The van der Waals surface area contributed by atoms with Crippen LogP contribution in [0.5, 0.6) is 0 Å². The molecule has 3 aromatic rings. The van der Waals surface area contributed by atoms with Gasteiger partial charge in [-0.05, 0) is 43.0 Å². The van der Waals surface area contributed by atoms with Crippen molar-refractivity contribution in [3.8, 4) is 10.7 Å². The highest BCUT2D eigenvalue weighted by molar-refractivity contribution is 7.13. The monoisotopic (exact) mass is 285 g/mol. The molecule has 0 saturated heterocycles. The third-order valence-corrected chi connectivity index (χ3v) is 4.20. The molecule has 2 heterocycles. The van der Waals surface area contributed by atoms with Gasteiger partial charge in [-0.25, -0.2) is 0 Å². The van der Waals surface area contributed by atoms with Gasteiger partial charge in [0.2, 0.25) is 11.7 Å². The summed E-state index contributed by atoms with van der Waals surface area (Å²) in [5.74, 6) is 1.24. The van der Waals surface area contributed by atoms with Crippen molar-refractivity contribution in [2.24, 2.45) is 0 Å². The van der Waals surface area contributed by atoms with Gasteiger partial charge in [0.25, 0.3) is 0 Å². The minimum Gasteiger partial charge on any atom is -0.399 e. The molecule has 2 N–H and O–H groups in total. The van der Waals surface area contributed by atoms with E-state index in [0.717, 1.165) is 16.1 Å². The highest BCUT2D eigenvalue weighted by Gasteiger charge is 2.30. The number of benzene rings is 1. The molecule has 0 atom stereocenters. The van der Waals surface area contributed by atoms with Crippen molar-refractivity contribution in [3.05, 3.63) is 53.2 Å². The second-order valence-electron chi connectivity index (χ2n) is 5.15. The molecule has 0 saturated carbocycles. The predicted molar refractivity (Wildman–Crippen MR) is 80.6 cm³/mol. The first-order chi connectivity index (χ1) is 9.57. The van der Waals surface area contributed by atoms with Crippen molar-refractivity contribution in [2.45, 2.75) is 19.3 Å². The average Bonchev–Trinajstić information content (AvgIpc) is 3.10. The van der Waals surface area contributed by atoms with Crippen LogP contribution in [0.25, 0.3) is 10.7 Å². The molecule has 20 heavy (non-hydrogen) atoms. The summed E-state index contributed by atoms with van der Waals surface area (Å²) in [6.45, 7) is 4.12. The van der Waals surface area contributed by atoms with Gasteiger partial charge in [0.15, 0.2) is 0 Å². The van der Waals surface area contributed by atoms with E-state index in [1.807, 2.05) is 41.8 Å². The minimum atomic E-state index is -0.351. The Balaban J connectivity index is 1.97. The molecule has 0 spiro atoms. The molecule has 2 aromatic heterocycles. The second kappa shape index (κ2) is 4.76. The fourth-order valence-electron chi connectivity index (χ4n) is 2.01. The van der Waals surface area contributed by atoms with Crippen LogP contribution in [0.4, 0.5) is 5.69 Å². The lowest BCUT2D eigenvalue weighted by Gasteiger charge is -2.20. The lowest BCUT2D eigenvalue weighted by atomic mass is 9.84. The molecule has 4 nitrogen and oxygen atoms in total. The Morgan fingerprint density at radius 1 is 1.15 bits per heavy atom. The first-order valence-electron chi connectivity index (χ1n) is 6.31. The number of hydrogen-bond acceptors (Lipinski definition) is 5. The Labute approximate surface area is 121 Å². The van der Waals surface area contributed by atoms with E-state index >= 15 is 0 Å². The van der Waals surface area contributed by atoms with E-state index in [1.165, 1.54) is 0 Å². The highest BCUT2D eigenvalue weighted by atomic mass is 32.1. The number of aromatic nitrogens is 2. The van der Waals surface area contributed by atoms with Gasteiger partial charge in [0, 0.05) is 5.69 Å². The van der Waals surface area contributed by atoms with Crippen molar-refractivity contribution >= 4 is 17.0 Å². The summed E-state index contributed by atoms with van der Waals surface area (Å²) in [6.07, 6.45) is 0. The molecular formula is C15H15N3OS. The third kappa shape index (κ3) is 2.20. The van der Waals surface area contributed by atoms with Crippen molar-refractivity contribution in [3.63, 3.8) is 0 Å². The van der Waals surface area contributed by atoms with Crippen LogP contribution in [0.15, 0.2) is 46.3 Å². The van der Waals surface area contributed by atoms with Crippen molar-refractivity contribution in [2.75, 3.05) is 5.73 Å². The molecule has 0 fully saturated rings. The summed E-state index contributed by atoms with van der Waals surface area (Å²) >= 11 is 1.60. The summed E-state index contributed by atoms with van der Waals surface area (Å²) in [5.41, 5.74) is 7.21. The third-order valence-electron chi connectivity index (χ3n) is 3.33. The Morgan fingerprint density at radius 3 is 2.55 bits per heavy atom. The molecule has 0 aliphatic heterocycles. The Hall–Kier alpha value is -2.14.